The Balaban J connectivity index is 1.57. The van der Waals surface area contributed by atoms with Crippen molar-refractivity contribution in [3.63, 3.8) is 0 Å². The van der Waals surface area contributed by atoms with Crippen molar-refractivity contribution >= 4 is 23.6 Å². The number of nitrogens with one attached hydrogen (secondary N) is 1. The molecule has 2 N–H and O–H groups in total. The number of rotatable bonds is 9. The molecule has 0 atom stereocenters. The molecule has 0 aliphatic heterocycles. The number of aliphatic carboxylic acids is 1. The van der Waals surface area contributed by atoms with Crippen LogP contribution < -0.4 is 5.32 Å². The van der Waals surface area contributed by atoms with Crippen LogP contribution in [0.25, 0.3) is 0 Å². The van der Waals surface area contributed by atoms with E-state index >= 15 is 0 Å². The summed E-state index contributed by atoms with van der Waals surface area (Å²) in [6.45, 7) is 0.643. The summed E-state index contributed by atoms with van der Waals surface area (Å²) < 4.78 is 0. The number of carboxylic acids is 1. The third-order valence-corrected chi connectivity index (χ3v) is 4.99. The van der Waals surface area contributed by atoms with Gasteiger partial charge in [0.1, 0.15) is 0 Å². The molecule has 1 aromatic rings. The lowest BCUT2D eigenvalue weighted by Gasteiger charge is -2.11. The highest BCUT2D eigenvalue weighted by molar-refractivity contribution is 7.99. The predicted molar refractivity (Wildman–Crippen MR) is 84.4 cm³/mol. The fourth-order valence-electron chi connectivity index (χ4n) is 2.27. The van der Waals surface area contributed by atoms with Gasteiger partial charge in [-0.3, -0.25) is 9.59 Å². The maximum Gasteiger partial charge on any atom is 0.303 e. The molecule has 5 heteroatoms. The van der Waals surface area contributed by atoms with E-state index < -0.39 is 5.97 Å². The van der Waals surface area contributed by atoms with Crippen molar-refractivity contribution in [1.29, 1.82) is 0 Å². The second kappa shape index (κ2) is 7.50. The normalized spacial score (nSPS) is 15.4. The molecule has 1 aliphatic rings. The molecule has 1 aromatic carbocycles. The summed E-state index contributed by atoms with van der Waals surface area (Å²) in [5, 5.41) is 11.7. The standard InChI is InChI=1S/C16H21NO3S/c18-14(17-9-6-13-4-2-1-3-5-13)11-21-12-16(7-8-16)10-15(19)20/h1-5H,6-12H2,(H,17,18)(H,19,20). The first kappa shape index (κ1) is 15.9. The maximum atomic E-state index is 11.7. The molecule has 1 amide bonds. The summed E-state index contributed by atoms with van der Waals surface area (Å²) in [7, 11) is 0. The molecule has 0 spiro atoms. The lowest BCUT2D eigenvalue weighted by Crippen LogP contribution is -2.27. The number of carbonyl (C=O) groups excluding carboxylic acids is 1. The van der Waals surface area contributed by atoms with Crippen LogP contribution in [0.15, 0.2) is 30.3 Å². The van der Waals surface area contributed by atoms with Crippen LogP contribution in [0.2, 0.25) is 0 Å². The molecular weight excluding hydrogens is 286 g/mol. The van der Waals surface area contributed by atoms with Crippen molar-refractivity contribution in [2.24, 2.45) is 5.41 Å². The highest BCUT2D eigenvalue weighted by atomic mass is 32.2. The second-order valence-corrected chi connectivity index (χ2v) is 6.63. The number of carbonyl (C=O) groups is 2. The van der Waals surface area contributed by atoms with Crippen molar-refractivity contribution < 1.29 is 14.7 Å². The summed E-state index contributed by atoms with van der Waals surface area (Å²) in [6, 6.07) is 10.0. The second-order valence-electron chi connectivity index (χ2n) is 5.65. The van der Waals surface area contributed by atoms with Crippen LogP contribution in [0.3, 0.4) is 0 Å². The van der Waals surface area contributed by atoms with E-state index in [0.29, 0.717) is 12.3 Å². The molecule has 1 fully saturated rings. The number of benzene rings is 1. The smallest absolute Gasteiger partial charge is 0.303 e. The van der Waals surface area contributed by atoms with E-state index in [1.165, 1.54) is 5.56 Å². The topological polar surface area (TPSA) is 66.4 Å². The number of thioether (sulfide) groups is 1. The molecule has 2 rings (SSSR count). The van der Waals surface area contributed by atoms with Gasteiger partial charge in [0, 0.05) is 6.54 Å². The third-order valence-electron chi connectivity index (χ3n) is 3.70. The van der Waals surface area contributed by atoms with Gasteiger partial charge in [0.25, 0.3) is 0 Å². The Morgan fingerprint density at radius 1 is 1.24 bits per heavy atom. The molecule has 0 heterocycles. The van der Waals surface area contributed by atoms with Crippen molar-refractivity contribution in [2.45, 2.75) is 25.7 Å². The highest BCUT2D eigenvalue weighted by Gasteiger charge is 2.44. The molecule has 1 aliphatic carbocycles. The molecular formula is C16H21NO3S. The largest absolute Gasteiger partial charge is 0.481 e. The van der Waals surface area contributed by atoms with Crippen LogP contribution in [-0.4, -0.2) is 35.0 Å². The zero-order valence-corrected chi connectivity index (χ0v) is 12.8. The van der Waals surface area contributed by atoms with Crippen molar-refractivity contribution in [2.75, 3.05) is 18.1 Å². The lowest BCUT2D eigenvalue weighted by atomic mass is 10.1. The highest BCUT2D eigenvalue weighted by Crippen LogP contribution is 2.50. The predicted octanol–water partition coefficient (Wildman–Crippen LogP) is 2.33. The van der Waals surface area contributed by atoms with Gasteiger partial charge in [0.15, 0.2) is 0 Å². The quantitative estimate of drug-likeness (QED) is 0.735. The van der Waals surface area contributed by atoms with E-state index in [0.717, 1.165) is 25.0 Å². The molecule has 0 radical (unpaired) electrons. The Bertz CT molecular complexity index is 486. The molecule has 21 heavy (non-hydrogen) atoms. The number of hydrogen-bond acceptors (Lipinski definition) is 3. The van der Waals surface area contributed by atoms with Crippen molar-refractivity contribution in [1.82, 2.24) is 5.32 Å². The number of amides is 1. The minimum absolute atomic E-state index is 0.0297. The van der Waals surface area contributed by atoms with Gasteiger partial charge >= 0.3 is 5.97 Å². The monoisotopic (exact) mass is 307 g/mol. The first-order valence-corrected chi connectivity index (χ1v) is 8.35. The average Bonchev–Trinajstić information content (AvgIpc) is 3.19. The minimum Gasteiger partial charge on any atom is -0.481 e. The summed E-state index contributed by atoms with van der Waals surface area (Å²) in [5.41, 5.74) is 1.17. The zero-order chi connectivity index (χ0) is 15.1. The zero-order valence-electron chi connectivity index (χ0n) is 12.0. The maximum absolute atomic E-state index is 11.7. The van der Waals surface area contributed by atoms with E-state index in [1.54, 1.807) is 11.8 Å². The van der Waals surface area contributed by atoms with Gasteiger partial charge < -0.3 is 10.4 Å². The molecule has 0 unspecified atom stereocenters. The summed E-state index contributed by atoms with van der Waals surface area (Å²) in [5.74, 6) is 0.476. The Hall–Kier alpha value is -1.49. The van der Waals surface area contributed by atoms with Gasteiger partial charge in [-0.1, -0.05) is 30.3 Å². The molecule has 1 saturated carbocycles. The minimum atomic E-state index is -0.736. The number of carboxylic acid groups (broad SMARTS) is 1. The van der Waals surface area contributed by atoms with E-state index in [-0.39, 0.29) is 17.7 Å². The van der Waals surface area contributed by atoms with Crippen molar-refractivity contribution in [3.05, 3.63) is 35.9 Å². The van der Waals surface area contributed by atoms with Gasteiger partial charge in [-0.05, 0) is 36.0 Å². The first-order valence-electron chi connectivity index (χ1n) is 7.20. The Morgan fingerprint density at radius 3 is 2.57 bits per heavy atom. The number of hydrogen-bond donors (Lipinski definition) is 2. The van der Waals surface area contributed by atoms with Crippen molar-refractivity contribution in [3.8, 4) is 0 Å². The van der Waals surface area contributed by atoms with E-state index in [4.69, 9.17) is 5.11 Å². The SMILES string of the molecule is O=C(O)CC1(CSCC(=O)NCCc2ccccc2)CC1. The van der Waals surface area contributed by atoms with Gasteiger partial charge in [-0.25, -0.2) is 0 Å². The Morgan fingerprint density at radius 2 is 1.95 bits per heavy atom. The van der Waals surface area contributed by atoms with Gasteiger partial charge in [-0.2, -0.15) is 11.8 Å². The fourth-order valence-corrected chi connectivity index (χ4v) is 3.49. The van der Waals surface area contributed by atoms with E-state index in [1.807, 2.05) is 30.3 Å². The van der Waals surface area contributed by atoms with Crippen LogP contribution in [0.5, 0.6) is 0 Å². The van der Waals surface area contributed by atoms with Crippen LogP contribution in [-0.2, 0) is 16.0 Å². The molecule has 0 saturated heterocycles. The van der Waals surface area contributed by atoms with Crippen LogP contribution >= 0.6 is 11.8 Å². The average molecular weight is 307 g/mol. The Labute approximate surface area is 129 Å². The molecule has 4 nitrogen and oxygen atoms in total. The fraction of sp³-hybridized carbons (Fsp3) is 0.500. The third kappa shape index (κ3) is 5.79. The molecule has 0 bridgehead atoms. The summed E-state index contributed by atoms with van der Waals surface area (Å²) in [4.78, 5) is 22.5. The van der Waals surface area contributed by atoms with Crippen LogP contribution in [0, 0.1) is 5.41 Å². The van der Waals surface area contributed by atoms with Crippen LogP contribution in [0.1, 0.15) is 24.8 Å². The van der Waals surface area contributed by atoms with Crippen LogP contribution in [0.4, 0.5) is 0 Å². The van der Waals surface area contributed by atoms with Gasteiger partial charge in [0.2, 0.25) is 5.91 Å². The summed E-state index contributed by atoms with van der Waals surface area (Å²) in [6.07, 6.45) is 3.01. The van der Waals surface area contributed by atoms with Gasteiger partial charge in [-0.15, -0.1) is 0 Å². The molecule has 0 aromatic heterocycles. The molecule has 114 valence electrons. The summed E-state index contributed by atoms with van der Waals surface area (Å²) >= 11 is 1.54. The lowest BCUT2D eigenvalue weighted by molar-refractivity contribution is -0.138. The van der Waals surface area contributed by atoms with E-state index in [2.05, 4.69) is 5.32 Å². The van der Waals surface area contributed by atoms with E-state index in [9.17, 15) is 9.59 Å². The Kier molecular flexibility index (Phi) is 5.67. The first-order chi connectivity index (χ1) is 10.1. The van der Waals surface area contributed by atoms with Gasteiger partial charge in [0.05, 0.1) is 12.2 Å².